The van der Waals surface area contributed by atoms with Crippen molar-refractivity contribution in [3.8, 4) is 0 Å². The standard InChI is InChI=1S/C26H32FN3O4/c1-17-8-5-6-9-20(17)29-26-30-21-12-11-18(14-23(21)34-26)25(22-15-19(27)16-28-22)33-13-7-3-4-10-24(31)32-2/h5-6,8-9,11-12,14,19,22,25,28H,3-4,7,10,13,15-16H2,1-2H3,(H,29,30)/t19-,22-,25?/m0/s1. The van der Waals surface area contributed by atoms with Crippen molar-refractivity contribution in [2.75, 3.05) is 25.6 Å². The Kier molecular flexibility index (Phi) is 8.13. The van der Waals surface area contributed by atoms with Gasteiger partial charge in [-0.1, -0.05) is 30.7 Å². The van der Waals surface area contributed by atoms with Crippen molar-refractivity contribution >= 4 is 28.8 Å². The Morgan fingerprint density at radius 3 is 2.88 bits per heavy atom. The molecule has 2 aromatic carbocycles. The molecule has 1 aliphatic rings. The van der Waals surface area contributed by atoms with Crippen molar-refractivity contribution in [2.24, 2.45) is 0 Å². The second-order valence-corrected chi connectivity index (χ2v) is 8.71. The van der Waals surface area contributed by atoms with Crippen LogP contribution >= 0.6 is 0 Å². The largest absolute Gasteiger partial charge is 0.469 e. The van der Waals surface area contributed by atoms with Crippen molar-refractivity contribution in [3.05, 3.63) is 53.6 Å². The van der Waals surface area contributed by atoms with Gasteiger partial charge in [0.05, 0.1) is 13.2 Å². The Hall–Kier alpha value is -2.97. The highest BCUT2D eigenvalue weighted by molar-refractivity contribution is 5.76. The van der Waals surface area contributed by atoms with Crippen LogP contribution in [0.5, 0.6) is 0 Å². The molecule has 2 heterocycles. The first-order chi connectivity index (χ1) is 16.5. The van der Waals surface area contributed by atoms with Crippen LogP contribution in [0.25, 0.3) is 11.1 Å². The maximum absolute atomic E-state index is 13.9. The van der Waals surface area contributed by atoms with Crippen LogP contribution in [-0.4, -0.2) is 43.4 Å². The minimum atomic E-state index is -0.880. The van der Waals surface area contributed by atoms with Crippen molar-refractivity contribution < 1.29 is 23.1 Å². The molecule has 2 N–H and O–H groups in total. The quantitative estimate of drug-likeness (QED) is 0.288. The van der Waals surface area contributed by atoms with Gasteiger partial charge in [0.2, 0.25) is 0 Å². The van der Waals surface area contributed by atoms with E-state index in [9.17, 15) is 9.18 Å². The summed E-state index contributed by atoms with van der Waals surface area (Å²) in [6.45, 7) is 2.88. The molecule has 0 spiro atoms. The van der Waals surface area contributed by atoms with Crippen LogP contribution in [0.1, 0.15) is 49.3 Å². The second kappa shape index (κ2) is 11.4. The summed E-state index contributed by atoms with van der Waals surface area (Å²) in [6, 6.07) is 14.1. The van der Waals surface area contributed by atoms with Gasteiger partial charge in [-0.15, -0.1) is 0 Å². The molecule has 4 rings (SSSR count). The van der Waals surface area contributed by atoms with E-state index in [4.69, 9.17) is 9.15 Å². The molecular formula is C26H32FN3O4. The molecule has 3 aromatic rings. The number of alkyl halides is 1. The Labute approximate surface area is 199 Å². The number of fused-ring (bicyclic) bond motifs is 1. The lowest BCUT2D eigenvalue weighted by atomic mass is 10.00. The zero-order chi connectivity index (χ0) is 23.9. The number of ether oxygens (including phenoxy) is 2. The first kappa shape index (κ1) is 24.2. The summed E-state index contributed by atoms with van der Waals surface area (Å²) in [5, 5.41) is 6.49. The summed E-state index contributed by atoms with van der Waals surface area (Å²) in [4.78, 5) is 15.8. The molecule has 1 aromatic heterocycles. The van der Waals surface area contributed by atoms with Gasteiger partial charge in [-0.2, -0.15) is 4.98 Å². The first-order valence-corrected chi connectivity index (χ1v) is 11.8. The summed E-state index contributed by atoms with van der Waals surface area (Å²) in [5.41, 5.74) is 4.34. The second-order valence-electron chi connectivity index (χ2n) is 8.71. The number of nitrogens with one attached hydrogen (secondary N) is 2. The van der Waals surface area contributed by atoms with Gasteiger partial charge in [0, 0.05) is 31.3 Å². The van der Waals surface area contributed by atoms with Gasteiger partial charge in [0.1, 0.15) is 11.7 Å². The molecule has 182 valence electrons. The monoisotopic (exact) mass is 469 g/mol. The van der Waals surface area contributed by atoms with E-state index >= 15 is 0 Å². The number of rotatable bonds is 11. The predicted octanol–water partition coefficient (Wildman–Crippen LogP) is 5.37. The molecule has 1 saturated heterocycles. The number of unbranched alkanes of at least 4 members (excludes halogenated alkanes) is 2. The smallest absolute Gasteiger partial charge is 0.305 e. The summed E-state index contributed by atoms with van der Waals surface area (Å²) in [6.07, 6.45) is 2.07. The Morgan fingerprint density at radius 2 is 2.12 bits per heavy atom. The molecule has 1 aliphatic heterocycles. The SMILES string of the molecule is COC(=O)CCCCCOC(c1ccc2nc(Nc3ccccc3C)oc2c1)[C@@H]1C[C@H](F)CN1. The van der Waals surface area contributed by atoms with Crippen LogP contribution in [0.15, 0.2) is 46.9 Å². The zero-order valence-electron chi connectivity index (χ0n) is 19.7. The number of carbonyl (C=O) groups excluding carboxylic acids is 1. The first-order valence-electron chi connectivity index (χ1n) is 11.8. The van der Waals surface area contributed by atoms with Crippen LogP contribution in [0.3, 0.4) is 0 Å². The number of aryl methyl sites for hydroxylation is 1. The Bertz CT molecular complexity index is 1100. The van der Waals surface area contributed by atoms with Crippen LogP contribution in [0, 0.1) is 6.92 Å². The molecule has 0 aliphatic carbocycles. The number of carbonyl (C=O) groups is 1. The third-order valence-corrected chi connectivity index (χ3v) is 6.15. The molecule has 1 fully saturated rings. The predicted molar refractivity (Wildman–Crippen MR) is 129 cm³/mol. The number of nitrogens with zero attached hydrogens (tertiary/aromatic N) is 1. The number of esters is 1. The number of benzene rings is 2. The lowest BCUT2D eigenvalue weighted by molar-refractivity contribution is -0.140. The molecule has 1 unspecified atom stereocenters. The summed E-state index contributed by atoms with van der Waals surface area (Å²) in [7, 11) is 1.40. The van der Waals surface area contributed by atoms with Gasteiger partial charge >= 0.3 is 5.97 Å². The lowest BCUT2D eigenvalue weighted by Crippen LogP contribution is -2.31. The molecule has 7 nitrogen and oxygen atoms in total. The number of para-hydroxylation sites is 1. The van der Waals surface area contributed by atoms with Crippen LogP contribution in [0.2, 0.25) is 0 Å². The van der Waals surface area contributed by atoms with E-state index in [0.29, 0.717) is 37.6 Å². The topological polar surface area (TPSA) is 85.6 Å². The summed E-state index contributed by atoms with van der Waals surface area (Å²) in [5.74, 6) is -0.195. The number of oxazole rings is 1. The third-order valence-electron chi connectivity index (χ3n) is 6.15. The van der Waals surface area contributed by atoms with Crippen LogP contribution < -0.4 is 10.6 Å². The fraction of sp³-hybridized carbons (Fsp3) is 0.462. The number of halogens is 1. The molecule has 0 radical (unpaired) electrons. The normalized spacial score (nSPS) is 18.8. The Morgan fingerprint density at radius 1 is 1.26 bits per heavy atom. The van der Waals surface area contributed by atoms with Gasteiger partial charge < -0.3 is 24.5 Å². The average Bonchev–Trinajstić information content (AvgIpc) is 3.44. The van der Waals surface area contributed by atoms with Crippen molar-refractivity contribution in [3.63, 3.8) is 0 Å². The maximum atomic E-state index is 13.9. The molecular weight excluding hydrogens is 437 g/mol. The number of anilines is 2. The van der Waals surface area contributed by atoms with Gasteiger partial charge in [-0.3, -0.25) is 4.79 Å². The fourth-order valence-corrected chi connectivity index (χ4v) is 4.26. The van der Waals surface area contributed by atoms with E-state index in [2.05, 4.69) is 20.4 Å². The lowest BCUT2D eigenvalue weighted by Gasteiger charge is -2.24. The minimum absolute atomic E-state index is 0.116. The van der Waals surface area contributed by atoms with E-state index in [1.165, 1.54) is 7.11 Å². The summed E-state index contributed by atoms with van der Waals surface area (Å²) < 4.78 is 30.8. The molecule has 34 heavy (non-hydrogen) atoms. The highest BCUT2D eigenvalue weighted by Gasteiger charge is 2.32. The van der Waals surface area contributed by atoms with E-state index in [1.54, 1.807) is 0 Å². The van der Waals surface area contributed by atoms with Crippen LogP contribution in [0.4, 0.5) is 16.1 Å². The van der Waals surface area contributed by atoms with E-state index in [1.807, 2.05) is 49.4 Å². The molecule has 0 saturated carbocycles. The zero-order valence-corrected chi connectivity index (χ0v) is 19.7. The van der Waals surface area contributed by atoms with Crippen molar-refractivity contribution in [1.82, 2.24) is 10.3 Å². The van der Waals surface area contributed by atoms with Crippen molar-refractivity contribution in [1.29, 1.82) is 0 Å². The van der Waals surface area contributed by atoms with E-state index in [-0.39, 0.29) is 18.1 Å². The van der Waals surface area contributed by atoms with E-state index < -0.39 is 6.17 Å². The molecule has 0 bridgehead atoms. The molecule has 3 atom stereocenters. The van der Waals surface area contributed by atoms with Crippen molar-refractivity contribution in [2.45, 2.75) is 57.3 Å². The maximum Gasteiger partial charge on any atom is 0.305 e. The molecule has 0 amide bonds. The van der Waals surface area contributed by atoms with E-state index in [0.717, 1.165) is 41.6 Å². The average molecular weight is 470 g/mol. The van der Waals surface area contributed by atoms with Gasteiger partial charge in [-0.05, 0) is 55.5 Å². The highest BCUT2D eigenvalue weighted by atomic mass is 19.1. The number of hydrogen-bond donors (Lipinski definition) is 2. The number of aromatic nitrogens is 1. The van der Waals surface area contributed by atoms with Gasteiger partial charge in [0.15, 0.2) is 5.58 Å². The fourth-order valence-electron chi connectivity index (χ4n) is 4.26. The van der Waals surface area contributed by atoms with Crippen LogP contribution in [-0.2, 0) is 14.3 Å². The van der Waals surface area contributed by atoms with Gasteiger partial charge in [0.25, 0.3) is 6.01 Å². The molecule has 8 heteroatoms. The van der Waals surface area contributed by atoms with Gasteiger partial charge in [-0.25, -0.2) is 4.39 Å². The number of hydrogen-bond acceptors (Lipinski definition) is 7. The summed E-state index contributed by atoms with van der Waals surface area (Å²) >= 11 is 0. The number of methoxy groups -OCH3 is 1. The third kappa shape index (κ3) is 6.12. The highest BCUT2D eigenvalue weighted by Crippen LogP contribution is 2.32. The minimum Gasteiger partial charge on any atom is -0.469 e. The Balaban J connectivity index is 1.44.